The maximum atomic E-state index is 12.9. The van der Waals surface area contributed by atoms with E-state index in [0.717, 1.165) is 83.5 Å². The Balaban J connectivity index is 4.35. The Kier molecular flexibility index (Phi) is 60.3. The standard InChI is InChI=1S/C69H120O6/c1-4-7-10-13-16-19-22-25-28-30-31-32-33-34-35-36-37-39-41-44-47-50-53-56-59-62-68(71)74-65-66(64-73-67(70)61-58-55-52-49-46-43-40-27-24-21-18-15-12-9-6-3)75-69(72)63-60-57-54-51-48-45-42-38-29-26-23-20-17-14-11-8-5-2/h9,12,17-18,20-21,26-27,29,40,46,49,55,58,66H,4-8,10-11,13-16,19,22-25,28,30-39,41-45,47-48,50-54,56-57,59-65H2,1-3H3/b12-9-,20-17-,21-18-,29-26-,40-27-,49-46-,58-55-. The normalized spacial score (nSPS) is 12.6. The number of carbonyl (C=O) groups is 3. The molecule has 0 saturated heterocycles. The van der Waals surface area contributed by atoms with Crippen LogP contribution in [0.3, 0.4) is 0 Å². The summed E-state index contributed by atoms with van der Waals surface area (Å²) in [6, 6.07) is 0. The molecule has 6 heteroatoms. The van der Waals surface area contributed by atoms with Crippen molar-refractivity contribution in [2.75, 3.05) is 13.2 Å². The van der Waals surface area contributed by atoms with Gasteiger partial charge in [-0.3, -0.25) is 14.4 Å². The molecule has 0 heterocycles. The SMILES string of the molecule is CC/C=C\C/C=C\C/C=C\C/C=C\C/C=C\CC(=O)OCC(COC(=O)CCCCCCCCCCCCCCCCCCCCCCCCCCC)OC(=O)CCCCCCCCC/C=C\C/C=C\CCCCC. The number of hydrogen-bond acceptors (Lipinski definition) is 6. The highest BCUT2D eigenvalue weighted by molar-refractivity contribution is 5.72. The lowest BCUT2D eigenvalue weighted by atomic mass is 10.0. The molecule has 432 valence electrons. The summed E-state index contributed by atoms with van der Waals surface area (Å²) in [5.74, 6) is -1.04. The molecule has 1 atom stereocenters. The van der Waals surface area contributed by atoms with Gasteiger partial charge in [0, 0.05) is 12.8 Å². The van der Waals surface area contributed by atoms with Crippen LogP contribution in [0.1, 0.15) is 316 Å². The van der Waals surface area contributed by atoms with Gasteiger partial charge in [-0.15, -0.1) is 0 Å². The van der Waals surface area contributed by atoms with E-state index in [1.165, 1.54) is 193 Å². The summed E-state index contributed by atoms with van der Waals surface area (Å²) in [6.07, 6.45) is 83.4. The van der Waals surface area contributed by atoms with Gasteiger partial charge in [-0.2, -0.15) is 0 Å². The second kappa shape index (κ2) is 63.1. The molecule has 75 heavy (non-hydrogen) atoms. The van der Waals surface area contributed by atoms with Crippen LogP contribution in [0.15, 0.2) is 85.1 Å². The maximum Gasteiger partial charge on any atom is 0.309 e. The van der Waals surface area contributed by atoms with Crippen LogP contribution in [0.25, 0.3) is 0 Å². The predicted molar refractivity (Wildman–Crippen MR) is 325 cm³/mol. The summed E-state index contributed by atoms with van der Waals surface area (Å²) in [7, 11) is 0. The molecule has 0 saturated carbocycles. The lowest BCUT2D eigenvalue weighted by molar-refractivity contribution is -0.166. The number of unbranched alkanes of at least 4 members (excludes halogenated alkanes) is 34. The molecule has 0 aliphatic rings. The zero-order valence-electron chi connectivity index (χ0n) is 49.6. The molecule has 0 radical (unpaired) electrons. The average molecular weight is 1050 g/mol. The summed E-state index contributed by atoms with van der Waals surface area (Å²) in [5.41, 5.74) is 0. The first kappa shape index (κ1) is 71.6. The number of carbonyl (C=O) groups excluding carboxylic acids is 3. The smallest absolute Gasteiger partial charge is 0.309 e. The van der Waals surface area contributed by atoms with Crippen LogP contribution >= 0.6 is 0 Å². The molecule has 0 fully saturated rings. The lowest BCUT2D eigenvalue weighted by Crippen LogP contribution is -2.30. The minimum Gasteiger partial charge on any atom is -0.462 e. The monoisotopic (exact) mass is 1040 g/mol. The van der Waals surface area contributed by atoms with Crippen molar-refractivity contribution in [2.24, 2.45) is 0 Å². The Hall–Kier alpha value is -3.41. The highest BCUT2D eigenvalue weighted by Crippen LogP contribution is 2.17. The minimum atomic E-state index is -0.821. The molecule has 6 nitrogen and oxygen atoms in total. The van der Waals surface area contributed by atoms with Crippen molar-refractivity contribution in [3.05, 3.63) is 85.1 Å². The fraction of sp³-hybridized carbons (Fsp3) is 0.754. The van der Waals surface area contributed by atoms with Crippen molar-refractivity contribution < 1.29 is 28.6 Å². The second-order valence-corrected chi connectivity index (χ2v) is 21.3. The molecule has 0 aliphatic heterocycles. The van der Waals surface area contributed by atoms with E-state index in [1.54, 1.807) is 6.08 Å². The van der Waals surface area contributed by atoms with Crippen LogP contribution in [0.5, 0.6) is 0 Å². The second-order valence-electron chi connectivity index (χ2n) is 21.3. The van der Waals surface area contributed by atoms with E-state index in [2.05, 4.69) is 93.7 Å². The summed E-state index contributed by atoms with van der Waals surface area (Å²) in [4.78, 5) is 38.2. The number of hydrogen-bond donors (Lipinski definition) is 0. The van der Waals surface area contributed by atoms with Crippen LogP contribution in [0.4, 0.5) is 0 Å². The predicted octanol–water partition coefficient (Wildman–Crippen LogP) is 21.9. The van der Waals surface area contributed by atoms with Gasteiger partial charge in [-0.25, -0.2) is 0 Å². The molecular formula is C69H120O6. The summed E-state index contributed by atoms with van der Waals surface area (Å²) < 4.78 is 16.8. The zero-order chi connectivity index (χ0) is 54.3. The number of allylic oxidation sites excluding steroid dienone is 13. The van der Waals surface area contributed by atoms with Gasteiger partial charge in [0.05, 0.1) is 6.42 Å². The molecule has 0 spiro atoms. The van der Waals surface area contributed by atoms with Gasteiger partial charge < -0.3 is 14.2 Å². The van der Waals surface area contributed by atoms with Crippen LogP contribution in [0.2, 0.25) is 0 Å². The number of ether oxygens (including phenoxy) is 3. The third-order valence-corrected chi connectivity index (χ3v) is 13.9. The molecule has 0 aromatic rings. The fourth-order valence-corrected chi connectivity index (χ4v) is 9.14. The molecule has 0 aromatic carbocycles. The minimum absolute atomic E-state index is 0.107. The lowest BCUT2D eigenvalue weighted by Gasteiger charge is -2.18. The molecule has 0 rings (SSSR count). The highest BCUT2D eigenvalue weighted by atomic mass is 16.6. The van der Waals surface area contributed by atoms with E-state index in [9.17, 15) is 14.4 Å². The molecule has 1 unspecified atom stereocenters. The van der Waals surface area contributed by atoms with Crippen LogP contribution in [-0.4, -0.2) is 37.2 Å². The van der Waals surface area contributed by atoms with Crippen molar-refractivity contribution in [1.29, 1.82) is 0 Å². The van der Waals surface area contributed by atoms with E-state index < -0.39 is 12.1 Å². The van der Waals surface area contributed by atoms with E-state index in [1.807, 2.05) is 6.08 Å². The van der Waals surface area contributed by atoms with Crippen molar-refractivity contribution in [3.63, 3.8) is 0 Å². The van der Waals surface area contributed by atoms with Crippen LogP contribution < -0.4 is 0 Å². The Morgan fingerprint density at radius 1 is 0.293 bits per heavy atom. The van der Waals surface area contributed by atoms with Gasteiger partial charge in [0.25, 0.3) is 0 Å². The third-order valence-electron chi connectivity index (χ3n) is 13.9. The van der Waals surface area contributed by atoms with E-state index in [0.29, 0.717) is 12.8 Å². The van der Waals surface area contributed by atoms with Gasteiger partial charge in [-0.05, 0) is 77.0 Å². The van der Waals surface area contributed by atoms with E-state index >= 15 is 0 Å². The summed E-state index contributed by atoms with van der Waals surface area (Å²) >= 11 is 0. The first-order valence-electron chi connectivity index (χ1n) is 32.1. The van der Waals surface area contributed by atoms with Crippen molar-refractivity contribution in [2.45, 2.75) is 322 Å². The average Bonchev–Trinajstić information content (AvgIpc) is 3.41. The van der Waals surface area contributed by atoms with E-state index in [-0.39, 0.29) is 31.6 Å². The summed E-state index contributed by atoms with van der Waals surface area (Å²) in [5, 5.41) is 0. The van der Waals surface area contributed by atoms with Gasteiger partial charge in [-0.1, -0.05) is 305 Å². The Bertz CT molecular complexity index is 1430. The van der Waals surface area contributed by atoms with Gasteiger partial charge in [0.1, 0.15) is 13.2 Å². The molecule has 0 amide bonds. The number of esters is 3. The Morgan fingerprint density at radius 2 is 0.573 bits per heavy atom. The molecular weight excluding hydrogens is 925 g/mol. The maximum absolute atomic E-state index is 12.9. The van der Waals surface area contributed by atoms with Gasteiger partial charge in [0.2, 0.25) is 0 Å². The molecule has 0 N–H and O–H groups in total. The van der Waals surface area contributed by atoms with Crippen LogP contribution in [-0.2, 0) is 28.6 Å². The highest BCUT2D eigenvalue weighted by Gasteiger charge is 2.19. The third kappa shape index (κ3) is 61.3. The Labute approximate surface area is 465 Å². The van der Waals surface area contributed by atoms with Crippen molar-refractivity contribution in [1.82, 2.24) is 0 Å². The molecule has 0 aliphatic carbocycles. The van der Waals surface area contributed by atoms with Gasteiger partial charge >= 0.3 is 17.9 Å². The quantitative estimate of drug-likeness (QED) is 0.0261. The largest absolute Gasteiger partial charge is 0.462 e. The van der Waals surface area contributed by atoms with Gasteiger partial charge in [0.15, 0.2) is 6.10 Å². The summed E-state index contributed by atoms with van der Waals surface area (Å²) in [6.45, 7) is 6.44. The van der Waals surface area contributed by atoms with E-state index in [4.69, 9.17) is 14.2 Å². The van der Waals surface area contributed by atoms with Crippen molar-refractivity contribution >= 4 is 17.9 Å². The van der Waals surface area contributed by atoms with Crippen LogP contribution in [0, 0.1) is 0 Å². The first-order valence-corrected chi connectivity index (χ1v) is 32.1. The molecule has 0 aromatic heterocycles. The number of rotatable bonds is 58. The zero-order valence-corrected chi connectivity index (χ0v) is 49.6. The first-order chi connectivity index (χ1) is 37.0. The Morgan fingerprint density at radius 3 is 0.960 bits per heavy atom. The topological polar surface area (TPSA) is 78.9 Å². The molecule has 0 bridgehead atoms. The van der Waals surface area contributed by atoms with Crippen molar-refractivity contribution in [3.8, 4) is 0 Å². The fourth-order valence-electron chi connectivity index (χ4n) is 9.14.